The minimum atomic E-state index is -4.11. The number of hydrogen-bond acceptors (Lipinski definition) is 5. The summed E-state index contributed by atoms with van der Waals surface area (Å²) in [6.07, 6.45) is 4.24. The van der Waals surface area contributed by atoms with Gasteiger partial charge in [0.15, 0.2) is 11.6 Å². The van der Waals surface area contributed by atoms with Crippen LogP contribution in [0.25, 0.3) is 22.3 Å². The van der Waals surface area contributed by atoms with Gasteiger partial charge in [0.2, 0.25) is 12.4 Å². The highest BCUT2D eigenvalue weighted by molar-refractivity contribution is 7.92. The largest absolute Gasteiger partial charge is 0.346 e. The normalized spacial score (nSPS) is 13.8. The summed E-state index contributed by atoms with van der Waals surface area (Å²) in [4.78, 5) is 24.8. The lowest BCUT2D eigenvalue weighted by Gasteiger charge is -2.16. The highest BCUT2D eigenvalue weighted by Crippen LogP contribution is 2.33. The first-order chi connectivity index (χ1) is 15.9. The number of carbonyl (C=O) groups excluding carboxylic acids is 1. The zero-order chi connectivity index (χ0) is 23.2. The van der Waals surface area contributed by atoms with Crippen molar-refractivity contribution in [3.05, 3.63) is 66.4 Å². The van der Waals surface area contributed by atoms with E-state index in [1.807, 2.05) is 6.07 Å². The number of amides is 1. The van der Waals surface area contributed by atoms with E-state index < -0.39 is 26.6 Å². The third kappa shape index (κ3) is 4.02. The van der Waals surface area contributed by atoms with Crippen molar-refractivity contribution in [2.24, 2.45) is 0 Å². The van der Waals surface area contributed by atoms with Crippen LogP contribution in [0, 0.1) is 11.6 Å². The van der Waals surface area contributed by atoms with Gasteiger partial charge >= 0.3 is 0 Å². The van der Waals surface area contributed by atoms with Gasteiger partial charge in [-0.2, -0.15) is 4.98 Å². The zero-order valence-corrected chi connectivity index (χ0v) is 17.8. The fraction of sp³-hybridized carbons (Fsp3) is 0.136. The van der Waals surface area contributed by atoms with Gasteiger partial charge in [0.1, 0.15) is 5.65 Å². The van der Waals surface area contributed by atoms with Crippen molar-refractivity contribution < 1.29 is 22.0 Å². The molecule has 1 aliphatic rings. The maximum atomic E-state index is 13.5. The van der Waals surface area contributed by atoms with Crippen LogP contribution in [-0.4, -0.2) is 35.8 Å². The summed E-state index contributed by atoms with van der Waals surface area (Å²) in [5, 5.41) is 0.746. The van der Waals surface area contributed by atoms with Crippen LogP contribution in [0.1, 0.15) is 12.8 Å². The minimum absolute atomic E-state index is 0.0934. The number of hydrogen-bond donors (Lipinski definition) is 2. The average molecular weight is 469 g/mol. The Morgan fingerprint density at radius 3 is 2.45 bits per heavy atom. The molecule has 33 heavy (non-hydrogen) atoms. The molecule has 1 amide bonds. The molecule has 0 spiro atoms. The predicted molar refractivity (Wildman–Crippen MR) is 118 cm³/mol. The Bertz CT molecular complexity index is 1470. The second-order valence-electron chi connectivity index (χ2n) is 7.61. The molecule has 0 saturated heterocycles. The third-order valence-corrected chi connectivity index (χ3v) is 6.68. The van der Waals surface area contributed by atoms with E-state index >= 15 is 0 Å². The first kappa shape index (κ1) is 21.0. The van der Waals surface area contributed by atoms with E-state index in [2.05, 4.69) is 19.7 Å². The highest BCUT2D eigenvalue weighted by atomic mass is 32.2. The molecule has 0 aliphatic heterocycles. The zero-order valence-electron chi connectivity index (χ0n) is 17.0. The Balaban J connectivity index is 1.46. The molecule has 1 saturated carbocycles. The average Bonchev–Trinajstić information content (AvgIpc) is 3.51. The van der Waals surface area contributed by atoms with Crippen LogP contribution in [0.5, 0.6) is 0 Å². The first-order valence-electron chi connectivity index (χ1n) is 10.0. The molecule has 2 heterocycles. The van der Waals surface area contributed by atoms with Crippen molar-refractivity contribution in [3.8, 4) is 11.3 Å². The Morgan fingerprint density at radius 2 is 1.79 bits per heavy atom. The number of anilines is 2. The van der Waals surface area contributed by atoms with Gasteiger partial charge in [-0.05, 0) is 49.2 Å². The molecule has 0 radical (unpaired) electrons. The van der Waals surface area contributed by atoms with E-state index in [1.54, 1.807) is 18.3 Å². The molecule has 11 heteroatoms. The smallest absolute Gasteiger partial charge is 0.261 e. The fourth-order valence-corrected chi connectivity index (χ4v) is 4.54. The number of sulfonamides is 1. The number of nitrogens with one attached hydrogen (secondary N) is 2. The molecule has 1 fully saturated rings. The lowest BCUT2D eigenvalue weighted by molar-refractivity contribution is -0.107. The van der Waals surface area contributed by atoms with Gasteiger partial charge in [0, 0.05) is 28.9 Å². The van der Waals surface area contributed by atoms with Gasteiger partial charge in [-0.15, -0.1) is 0 Å². The second-order valence-corrected chi connectivity index (χ2v) is 9.30. The van der Waals surface area contributed by atoms with Crippen molar-refractivity contribution in [1.29, 1.82) is 0 Å². The molecule has 168 valence electrons. The number of nitrogens with zero attached hydrogens (tertiary/aromatic N) is 3. The van der Waals surface area contributed by atoms with E-state index in [4.69, 9.17) is 0 Å². The van der Waals surface area contributed by atoms with E-state index in [0.29, 0.717) is 28.9 Å². The Labute approximate surface area is 187 Å². The molecule has 5 rings (SSSR count). The lowest BCUT2D eigenvalue weighted by Crippen LogP contribution is -2.25. The number of aromatic nitrogens is 3. The first-order valence-corrected chi connectivity index (χ1v) is 11.5. The lowest BCUT2D eigenvalue weighted by atomic mass is 10.1. The van der Waals surface area contributed by atoms with Gasteiger partial charge in [-0.3, -0.25) is 14.4 Å². The number of fused-ring (bicyclic) bond motifs is 1. The summed E-state index contributed by atoms with van der Waals surface area (Å²) in [5.74, 6) is -2.09. The van der Waals surface area contributed by atoms with Crippen molar-refractivity contribution >= 4 is 39.1 Å². The topological polar surface area (TPSA) is 108 Å². The quantitative estimate of drug-likeness (QED) is 0.400. The van der Waals surface area contributed by atoms with Gasteiger partial charge in [0.25, 0.3) is 10.0 Å². The Kier molecular flexibility index (Phi) is 5.05. The number of carbonyl (C=O) groups is 1. The SMILES string of the molecule is O=CN(c1nc(-c2ccc(NS(=O)(=O)c3ccc(F)c(F)c3)cc2)c2cc[nH]c2n1)C1CC1. The number of halogens is 2. The standard InChI is InChI=1S/C22H17F2N5O3S/c23-18-8-7-16(11-19(18)24)33(31,32)28-14-3-1-13(2-4-14)20-17-9-10-25-21(17)27-22(26-20)29(12-30)15-5-6-15/h1-4,7-12,15,28H,5-6H2,(H,25,26,27). The maximum Gasteiger partial charge on any atom is 0.261 e. The highest BCUT2D eigenvalue weighted by Gasteiger charge is 2.31. The van der Waals surface area contributed by atoms with Crippen LogP contribution in [0.3, 0.4) is 0 Å². The van der Waals surface area contributed by atoms with E-state index in [-0.39, 0.29) is 11.7 Å². The summed E-state index contributed by atoms with van der Waals surface area (Å²) in [5.41, 5.74) is 2.07. The molecule has 2 aromatic heterocycles. The van der Waals surface area contributed by atoms with Crippen LogP contribution < -0.4 is 9.62 Å². The molecule has 2 aromatic carbocycles. The fourth-order valence-electron chi connectivity index (χ4n) is 3.47. The van der Waals surface area contributed by atoms with Crippen LogP contribution in [0.2, 0.25) is 0 Å². The minimum Gasteiger partial charge on any atom is -0.346 e. The van der Waals surface area contributed by atoms with Crippen molar-refractivity contribution in [3.63, 3.8) is 0 Å². The van der Waals surface area contributed by atoms with Crippen LogP contribution in [0.15, 0.2) is 59.6 Å². The van der Waals surface area contributed by atoms with Crippen LogP contribution >= 0.6 is 0 Å². The van der Waals surface area contributed by atoms with Gasteiger partial charge < -0.3 is 4.98 Å². The van der Waals surface area contributed by atoms with Crippen LogP contribution in [-0.2, 0) is 14.8 Å². The summed E-state index contributed by atoms with van der Waals surface area (Å²) in [6, 6.07) is 10.7. The van der Waals surface area contributed by atoms with Gasteiger partial charge in [0.05, 0.1) is 10.6 Å². The summed E-state index contributed by atoms with van der Waals surface area (Å²) in [7, 11) is -4.11. The maximum absolute atomic E-state index is 13.5. The Hall–Kier alpha value is -3.86. The molecule has 4 aromatic rings. The number of H-pyrrole nitrogens is 1. The summed E-state index contributed by atoms with van der Waals surface area (Å²) < 4.78 is 54.0. The van der Waals surface area contributed by atoms with E-state index in [9.17, 15) is 22.0 Å². The molecule has 8 nitrogen and oxygen atoms in total. The second kappa shape index (κ2) is 7.93. The summed E-state index contributed by atoms with van der Waals surface area (Å²) >= 11 is 0. The van der Waals surface area contributed by atoms with Gasteiger partial charge in [-0.1, -0.05) is 12.1 Å². The number of aromatic amines is 1. The molecule has 2 N–H and O–H groups in total. The molecule has 0 bridgehead atoms. The van der Waals surface area contributed by atoms with Gasteiger partial charge in [-0.25, -0.2) is 22.2 Å². The molecule has 1 aliphatic carbocycles. The number of rotatable bonds is 7. The van der Waals surface area contributed by atoms with Crippen molar-refractivity contribution in [2.75, 3.05) is 9.62 Å². The third-order valence-electron chi connectivity index (χ3n) is 5.30. The predicted octanol–water partition coefficient (Wildman–Crippen LogP) is 3.83. The number of benzene rings is 2. The van der Waals surface area contributed by atoms with Crippen molar-refractivity contribution in [1.82, 2.24) is 15.0 Å². The molecular formula is C22H17F2N5O3S. The molecule has 0 atom stereocenters. The summed E-state index contributed by atoms with van der Waals surface area (Å²) in [6.45, 7) is 0. The monoisotopic (exact) mass is 469 g/mol. The van der Waals surface area contributed by atoms with E-state index in [1.165, 1.54) is 17.0 Å². The van der Waals surface area contributed by atoms with Crippen LogP contribution in [0.4, 0.5) is 20.4 Å². The molecular weight excluding hydrogens is 452 g/mol. The van der Waals surface area contributed by atoms with E-state index in [0.717, 1.165) is 36.8 Å². The Morgan fingerprint density at radius 1 is 1.03 bits per heavy atom. The van der Waals surface area contributed by atoms with Crippen molar-refractivity contribution in [2.45, 2.75) is 23.8 Å². The molecule has 0 unspecified atom stereocenters.